The van der Waals surface area contributed by atoms with E-state index in [4.69, 9.17) is 9.47 Å². The van der Waals surface area contributed by atoms with Gasteiger partial charge in [0.2, 0.25) is 5.91 Å². The molecule has 148 valence electrons. The third kappa shape index (κ3) is 5.84. The van der Waals surface area contributed by atoms with Crippen LogP contribution in [0.1, 0.15) is 5.56 Å². The van der Waals surface area contributed by atoms with Crippen molar-refractivity contribution >= 4 is 17.7 Å². The molecule has 0 heterocycles. The number of nitrogens with one attached hydrogen (secondary N) is 2. The van der Waals surface area contributed by atoms with Crippen molar-refractivity contribution in [3.05, 3.63) is 90.5 Å². The fourth-order valence-electron chi connectivity index (χ4n) is 2.79. The molecule has 0 saturated heterocycles. The summed E-state index contributed by atoms with van der Waals surface area (Å²) in [6.45, 7) is 0. The first-order valence-corrected chi connectivity index (χ1v) is 9.17. The largest absolute Gasteiger partial charge is 0.495 e. The highest BCUT2D eigenvalue weighted by Gasteiger charge is 2.23. The zero-order chi connectivity index (χ0) is 20.5. The van der Waals surface area contributed by atoms with Crippen molar-refractivity contribution in [2.24, 2.45) is 0 Å². The fourth-order valence-corrected chi connectivity index (χ4v) is 2.79. The van der Waals surface area contributed by atoms with E-state index < -0.39 is 12.1 Å². The van der Waals surface area contributed by atoms with Crippen LogP contribution in [0.4, 0.5) is 10.5 Å². The van der Waals surface area contributed by atoms with Gasteiger partial charge in [-0.25, -0.2) is 4.79 Å². The molecule has 0 aliphatic carbocycles. The normalized spacial score (nSPS) is 11.2. The van der Waals surface area contributed by atoms with Crippen molar-refractivity contribution in [2.45, 2.75) is 12.5 Å². The highest BCUT2D eigenvalue weighted by Crippen LogP contribution is 2.23. The van der Waals surface area contributed by atoms with E-state index in [1.54, 1.807) is 42.5 Å². The Morgan fingerprint density at radius 3 is 2.17 bits per heavy atom. The van der Waals surface area contributed by atoms with Gasteiger partial charge in [-0.2, -0.15) is 0 Å². The second-order valence-electron chi connectivity index (χ2n) is 6.28. The maximum absolute atomic E-state index is 12.9. The Hall–Kier alpha value is -3.80. The minimum Gasteiger partial charge on any atom is -0.495 e. The quantitative estimate of drug-likeness (QED) is 0.639. The molecule has 2 N–H and O–H groups in total. The standard InChI is InChI=1S/C23H22N2O4/c1-28-21-15-9-8-14-19(21)24-22(26)20(16-17-10-4-2-5-11-17)25-23(27)29-18-12-6-3-7-13-18/h2-15,20H,16H2,1H3,(H,24,26)(H,25,27)/t20-/m0/s1. The van der Waals surface area contributed by atoms with Crippen molar-refractivity contribution in [1.29, 1.82) is 0 Å². The second-order valence-corrected chi connectivity index (χ2v) is 6.28. The van der Waals surface area contributed by atoms with Crippen LogP contribution in [0.5, 0.6) is 11.5 Å². The second kappa shape index (κ2) is 9.94. The number of carbonyl (C=O) groups excluding carboxylic acids is 2. The van der Waals surface area contributed by atoms with Gasteiger partial charge in [0, 0.05) is 6.42 Å². The van der Waals surface area contributed by atoms with Crippen LogP contribution in [0.25, 0.3) is 0 Å². The minimum absolute atomic E-state index is 0.311. The summed E-state index contributed by atoms with van der Waals surface area (Å²) in [5.74, 6) is 0.558. The van der Waals surface area contributed by atoms with Gasteiger partial charge in [-0.1, -0.05) is 60.7 Å². The van der Waals surface area contributed by atoms with E-state index in [2.05, 4.69) is 10.6 Å². The third-order valence-electron chi connectivity index (χ3n) is 4.21. The predicted octanol–water partition coefficient (Wildman–Crippen LogP) is 4.03. The van der Waals surface area contributed by atoms with Gasteiger partial charge in [0.05, 0.1) is 12.8 Å². The maximum Gasteiger partial charge on any atom is 0.413 e. The van der Waals surface area contributed by atoms with E-state index in [0.29, 0.717) is 23.6 Å². The number of carbonyl (C=O) groups is 2. The minimum atomic E-state index is -0.835. The lowest BCUT2D eigenvalue weighted by molar-refractivity contribution is -0.118. The molecule has 0 spiro atoms. The SMILES string of the molecule is COc1ccccc1NC(=O)[C@H](Cc1ccccc1)NC(=O)Oc1ccccc1. The zero-order valence-corrected chi connectivity index (χ0v) is 16.0. The molecule has 1 atom stereocenters. The predicted molar refractivity (Wildman–Crippen MR) is 111 cm³/mol. The summed E-state index contributed by atoms with van der Waals surface area (Å²) in [4.78, 5) is 25.3. The van der Waals surface area contributed by atoms with Crippen molar-refractivity contribution in [3.8, 4) is 11.5 Å². The van der Waals surface area contributed by atoms with E-state index in [-0.39, 0.29) is 5.91 Å². The van der Waals surface area contributed by atoms with Gasteiger partial charge < -0.3 is 20.1 Å². The van der Waals surface area contributed by atoms with Crippen LogP contribution in [0.3, 0.4) is 0 Å². The summed E-state index contributed by atoms with van der Waals surface area (Å²) in [7, 11) is 1.53. The Morgan fingerprint density at radius 1 is 0.862 bits per heavy atom. The Labute approximate surface area is 169 Å². The van der Waals surface area contributed by atoms with Crippen LogP contribution in [-0.4, -0.2) is 25.2 Å². The number of ether oxygens (including phenoxy) is 2. The highest BCUT2D eigenvalue weighted by atomic mass is 16.6. The number of hydrogen-bond acceptors (Lipinski definition) is 4. The van der Waals surface area contributed by atoms with Crippen LogP contribution < -0.4 is 20.1 Å². The zero-order valence-electron chi connectivity index (χ0n) is 16.0. The van der Waals surface area contributed by atoms with E-state index in [9.17, 15) is 9.59 Å². The first-order chi connectivity index (χ1) is 14.2. The third-order valence-corrected chi connectivity index (χ3v) is 4.21. The Kier molecular flexibility index (Phi) is 6.84. The van der Waals surface area contributed by atoms with E-state index in [0.717, 1.165) is 5.56 Å². The van der Waals surface area contributed by atoms with Crippen molar-refractivity contribution in [2.75, 3.05) is 12.4 Å². The van der Waals surface area contributed by atoms with E-state index in [1.807, 2.05) is 42.5 Å². The van der Waals surface area contributed by atoms with Gasteiger partial charge in [-0.3, -0.25) is 4.79 Å². The lowest BCUT2D eigenvalue weighted by atomic mass is 10.1. The van der Waals surface area contributed by atoms with Crippen LogP contribution in [0.15, 0.2) is 84.9 Å². The van der Waals surface area contributed by atoms with Gasteiger partial charge in [-0.15, -0.1) is 0 Å². The van der Waals surface area contributed by atoms with E-state index in [1.165, 1.54) is 7.11 Å². The molecule has 0 radical (unpaired) electrons. The number of benzene rings is 3. The molecule has 0 fully saturated rings. The highest BCUT2D eigenvalue weighted by molar-refractivity contribution is 5.98. The van der Waals surface area contributed by atoms with Crippen LogP contribution in [-0.2, 0) is 11.2 Å². The molecular weight excluding hydrogens is 368 g/mol. The lowest BCUT2D eigenvalue weighted by Crippen LogP contribution is -2.46. The molecule has 2 amide bonds. The van der Waals surface area contributed by atoms with Crippen molar-refractivity contribution in [1.82, 2.24) is 5.32 Å². The first-order valence-electron chi connectivity index (χ1n) is 9.17. The number of amides is 2. The maximum atomic E-state index is 12.9. The summed E-state index contributed by atoms with van der Waals surface area (Å²) in [6.07, 6.45) is -0.390. The van der Waals surface area contributed by atoms with Crippen molar-refractivity contribution < 1.29 is 19.1 Å². The lowest BCUT2D eigenvalue weighted by Gasteiger charge is -2.19. The Bertz CT molecular complexity index is 945. The average molecular weight is 390 g/mol. The topological polar surface area (TPSA) is 76.7 Å². The molecule has 3 aromatic rings. The van der Waals surface area contributed by atoms with Crippen LogP contribution in [0.2, 0.25) is 0 Å². The summed E-state index contributed by atoms with van der Waals surface area (Å²) in [5, 5.41) is 5.47. The Morgan fingerprint density at radius 2 is 1.48 bits per heavy atom. The molecule has 0 unspecified atom stereocenters. The molecule has 0 aliphatic rings. The molecule has 0 aliphatic heterocycles. The smallest absolute Gasteiger partial charge is 0.413 e. The molecule has 6 nitrogen and oxygen atoms in total. The van der Waals surface area contributed by atoms with Gasteiger partial charge in [0.1, 0.15) is 17.5 Å². The van der Waals surface area contributed by atoms with Crippen LogP contribution >= 0.6 is 0 Å². The monoisotopic (exact) mass is 390 g/mol. The summed E-state index contributed by atoms with van der Waals surface area (Å²) in [5.41, 5.74) is 1.43. The molecule has 29 heavy (non-hydrogen) atoms. The number of para-hydroxylation sites is 3. The number of hydrogen-bond donors (Lipinski definition) is 2. The summed E-state index contributed by atoms with van der Waals surface area (Å²) >= 11 is 0. The fraction of sp³-hybridized carbons (Fsp3) is 0.130. The van der Waals surface area contributed by atoms with Crippen LogP contribution in [0, 0.1) is 0 Å². The Balaban J connectivity index is 1.74. The average Bonchev–Trinajstić information content (AvgIpc) is 2.75. The first kappa shape index (κ1) is 19.9. The number of anilines is 1. The summed E-state index contributed by atoms with van der Waals surface area (Å²) < 4.78 is 10.6. The van der Waals surface area contributed by atoms with Gasteiger partial charge in [0.25, 0.3) is 0 Å². The van der Waals surface area contributed by atoms with Crippen molar-refractivity contribution in [3.63, 3.8) is 0 Å². The molecular formula is C23H22N2O4. The number of methoxy groups -OCH3 is 1. The van der Waals surface area contributed by atoms with Gasteiger partial charge in [-0.05, 0) is 29.8 Å². The van der Waals surface area contributed by atoms with Gasteiger partial charge >= 0.3 is 6.09 Å². The summed E-state index contributed by atoms with van der Waals surface area (Å²) in [6, 6.07) is 24.4. The molecule has 0 saturated carbocycles. The number of rotatable bonds is 7. The molecule has 0 bridgehead atoms. The molecule has 3 rings (SSSR count). The van der Waals surface area contributed by atoms with E-state index >= 15 is 0 Å². The molecule has 3 aromatic carbocycles. The molecule has 6 heteroatoms. The molecule has 0 aromatic heterocycles. The van der Waals surface area contributed by atoms with Gasteiger partial charge in [0.15, 0.2) is 0 Å².